The molecule has 2 nitrogen and oxygen atoms in total. The van der Waals surface area contributed by atoms with Crippen LogP contribution in [0.5, 0.6) is 0 Å². The van der Waals surface area contributed by atoms with Crippen LogP contribution in [0.15, 0.2) is 16.7 Å². The van der Waals surface area contributed by atoms with Gasteiger partial charge in [0.25, 0.3) is 0 Å². The van der Waals surface area contributed by atoms with E-state index in [1.807, 2.05) is 6.07 Å². The number of aromatic nitrogens is 1. The molecule has 0 bridgehead atoms. The molecule has 0 radical (unpaired) electrons. The molecule has 2 unspecified atom stereocenters. The van der Waals surface area contributed by atoms with E-state index in [9.17, 15) is 0 Å². The zero-order valence-electron chi connectivity index (χ0n) is 8.96. The molecule has 0 spiro atoms. The van der Waals surface area contributed by atoms with Crippen LogP contribution in [0.3, 0.4) is 0 Å². The molecule has 1 aromatic rings. The molecule has 0 amide bonds. The maximum atomic E-state index is 5.89. The van der Waals surface area contributed by atoms with Crippen LogP contribution in [0.4, 0.5) is 5.82 Å². The van der Waals surface area contributed by atoms with Crippen molar-refractivity contribution < 1.29 is 0 Å². The highest BCUT2D eigenvalue weighted by molar-refractivity contribution is 9.10. The largest absolute Gasteiger partial charge is 0.355 e. The van der Waals surface area contributed by atoms with Gasteiger partial charge in [-0.15, -0.1) is 0 Å². The van der Waals surface area contributed by atoms with Crippen molar-refractivity contribution in [1.29, 1.82) is 0 Å². The van der Waals surface area contributed by atoms with Crippen LogP contribution in [-0.4, -0.2) is 22.9 Å². The maximum Gasteiger partial charge on any atom is 0.142 e. The molecule has 0 saturated carbocycles. The third-order valence-electron chi connectivity index (χ3n) is 2.89. The lowest BCUT2D eigenvalue weighted by molar-refractivity contribution is 0.463. The van der Waals surface area contributed by atoms with Gasteiger partial charge in [0.05, 0.1) is 9.50 Å². The minimum atomic E-state index is 0.620. The van der Waals surface area contributed by atoms with E-state index >= 15 is 0 Å². The molecule has 1 saturated heterocycles. The number of piperidine rings is 1. The Balaban J connectivity index is 2.18. The number of hydrogen-bond acceptors (Lipinski definition) is 2. The quantitative estimate of drug-likeness (QED) is 0.694. The average molecular weight is 369 g/mol. The minimum absolute atomic E-state index is 0.620. The van der Waals surface area contributed by atoms with Crippen LogP contribution in [0.25, 0.3) is 0 Å². The maximum absolute atomic E-state index is 5.89. The van der Waals surface area contributed by atoms with E-state index in [1.165, 1.54) is 0 Å². The Labute approximate surface area is 118 Å². The van der Waals surface area contributed by atoms with Crippen LogP contribution in [-0.2, 0) is 0 Å². The highest BCUT2D eigenvalue weighted by Crippen LogP contribution is 2.31. The Morgan fingerprint density at radius 3 is 2.94 bits per heavy atom. The van der Waals surface area contributed by atoms with Crippen LogP contribution in [0.1, 0.15) is 13.3 Å². The number of hydrogen-bond donors (Lipinski definition) is 0. The normalized spacial score (nSPS) is 25.9. The van der Waals surface area contributed by atoms with Gasteiger partial charge in [-0.3, -0.25) is 0 Å². The molecule has 1 fully saturated rings. The Hall–Kier alpha value is 0.200. The van der Waals surface area contributed by atoms with Crippen molar-refractivity contribution in [3.63, 3.8) is 0 Å². The zero-order valence-corrected chi connectivity index (χ0v) is 12.9. The van der Waals surface area contributed by atoms with E-state index in [2.05, 4.69) is 48.7 Å². The van der Waals surface area contributed by atoms with E-state index in [-0.39, 0.29) is 0 Å². The highest BCUT2D eigenvalue weighted by atomic mass is 79.9. The van der Waals surface area contributed by atoms with Crippen molar-refractivity contribution in [2.75, 3.05) is 18.0 Å². The SMILES string of the molecule is CC1CN(c2ncc(Cl)cc2Br)CCC1Br. The number of alkyl halides is 1. The van der Waals surface area contributed by atoms with E-state index in [0.29, 0.717) is 15.8 Å². The summed E-state index contributed by atoms with van der Waals surface area (Å²) in [5, 5.41) is 0.666. The summed E-state index contributed by atoms with van der Waals surface area (Å²) in [5.41, 5.74) is 0. The summed E-state index contributed by atoms with van der Waals surface area (Å²) in [4.78, 5) is 7.32. The summed E-state index contributed by atoms with van der Waals surface area (Å²) < 4.78 is 0.972. The summed E-state index contributed by atoms with van der Waals surface area (Å²) in [6, 6.07) is 1.90. The molecule has 2 rings (SSSR count). The van der Waals surface area contributed by atoms with E-state index in [1.54, 1.807) is 6.20 Å². The van der Waals surface area contributed by atoms with Gasteiger partial charge in [-0.05, 0) is 34.3 Å². The second kappa shape index (κ2) is 5.23. The van der Waals surface area contributed by atoms with E-state index < -0.39 is 0 Å². The lowest BCUT2D eigenvalue weighted by Gasteiger charge is -2.35. The fourth-order valence-electron chi connectivity index (χ4n) is 1.95. The Bertz CT molecular complexity index is 386. The first-order valence-corrected chi connectivity index (χ1v) is 7.36. The number of anilines is 1. The number of pyridine rings is 1. The van der Waals surface area contributed by atoms with Crippen LogP contribution < -0.4 is 4.90 Å². The lowest BCUT2D eigenvalue weighted by Crippen LogP contribution is -2.40. The van der Waals surface area contributed by atoms with Gasteiger partial charge in [-0.2, -0.15) is 0 Å². The standard InChI is InChI=1S/C11H13Br2ClN2/c1-7-6-16(3-2-9(7)12)11-10(13)4-8(14)5-15-11/h4-5,7,9H,2-3,6H2,1H3. The monoisotopic (exact) mass is 366 g/mol. The Kier molecular flexibility index (Phi) is 4.14. The number of halogens is 3. The topological polar surface area (TPSA) is 16.1 Å². The van der Waals surface area contributed by atoms with Gasteiger partial charge >= 0.3 is 0 Å². The predicted molar refractivity (Wildman–Crippen MR) is 75.7 cm³/mol. The van der Waals surface area contributed by atoms with Crippen LogP contribution >= 0.6 is 43.5 Å². The first-order chi connectivity index (χ1) is 7.58. The van der Waals surface area contributed by atoms with Gasteiger partial charge in [-0.25, -0.2) is 4.98 Å². The molecule has 1 aliphatic rings. The molecule has 1 aromatic heterocycles. The second-order valence-electron chi connectivity index (χ2n) is 4.19. The average Bonchev–Trinajstić information content (AvgIpc) is 2.22. The Morgan fingerprint density at radius 2 is 2.31 bits per heavy atom. The molecular formula is C11H13Br2ClN2. The van der Waals surface area contributed by atoms with Crippen molar-refractivity contribution in [3.8, 4) is 0 Å². The van der Waals surface area contributed by atoms with Crippen molar-refractivity contribution in [3.05, 3.63) is 21.8 Å². The lowest BCUT2D eigenvalue weighted by atomic mass is 10.0. The minimum Gasteiger partial charge on any atom is -0.355 e. The third kappa shape index (κ3) is 2.71. The highest BCUT2D eigenvalue weighted by Gasteiger charge is 2.25. The zero-order chi connectivity index (χ0) is 11.7. The molecule has 2 heterocycles. The van der Waals surface area contributed by atoms with E-state index in [4.69, 9.17) is 11.6 Å². The molecule has 0 aromatic carbocycles. The molecule has 16 heavy (non-hydrogen) atoms. The van der Waals surface area contributed by atoms with E-state index in [0.717, 1.165) is 29.8 Å². The summed E-state index contributed by atoms with van der Waals surface area (Å²) >= 11 is 13.1. The molecule has 0 aliphatic carbocycles. The van der Waals surface area contributed by atoms with Gasteiger partial charge in [0.15, 0.2) is 0 Å². The van der Waals surface area contributed by atoms with Crippen LogP contribution in [0.2, 0.25) is 5.02 Å². The molecule has 2 atom stereocenters. The smallest absolute Gasteiger partial charge is 0.142 e. The molecular weight excluding hydrogens is 355 g/mol. The predicted octanol–water partition coefficient (Wildman–Crippen LogP) is 4.11. The molecule has 1 aliphatic heterocycles. The first kappa shape index (κ1) is 12.7. The van der Waals surface area contributed by atoms with Gasteiger partial charge in [0.1, 0.15) is 5.82 Å². The van der Waals surface area contributed by atoms with Crippen LogP contribution in [0, 0.1) is 5.92 Å². The van der Waals surface area contributed by atoms with Gasteiger partial charge in [-0.1, -0.05) is 34.5 Å². The number of nitrogens with zero attached hydrogens (tertiary/aromatic N) is 2. The van der Waals surface area contributed by atoms with Gasteiger partial charge in [0.2, 0.25) is 0 Å². The van der Waals surface area contributed by atoms with Crippen molar-refractivity contribution >= 4 is 49.3 Å². The van der Waals surface area contributed by atoms with Crippen molar-refractivity contribution in [2.24, 2.45) is 5.92 Å². The summed E-state index contributed by atoms with van der Waals surface area (Å²) in [7, 11) is 0. The third-order valence-corrected chi connectivity index (χ3v) is 5.04. The summed E-state index contributed by atoms with van der Waals surface area (Å²) in [5.74, 6) is 1.63. The Morgan fingerprint density at radius 1 is 1.56 bits per heavy atom. The molecule has 88 valence electrons. The second-order valence-corrected chi connectivity index (χ2v) is 6.65. The number of rotatable bonds is 1. The van der Waals surface area contributed by atoms with Crippen molar-refractivity contribution in [1.82, 2.24) is 4.98 Å². The van der Waals surface area contributed by atoms with Gasteiger partial charge < -0.3 is 4.90 Å². The molecule has 0 N–H and O–H groups in total. The fraction of sp³-hybridized carbons (Fsp3) is 0.545. The molecule has 5 heteroatoms. The van der Waals surface area contributed by atoms with Crippen molar-refractivity contribution in [2.45, 2.75) is 18.2 Å². The summed E-state index contributed by atoms with van der Waals surface area (Å²) in [6.45, 7) is 4.33. The van der Waals surface area contributed by atoms with Gasteiger partial charge in [0, 0.05) is 24.1 Å². The first-order valence-electron chi connectivity index (χ1n) is 5.28. The fourth-order valence-corrected chi connectivity index (χ4v) is 3.21. The summed E-state index contributed by atoms with van der Waals surface area (Å²) in [6.07, 6.45) is 2.85.